The molecule has 3 aromatic rings. The molecule has 2 amide bonds. The normalized spacial score (nSPS) is 13.1. The summed E-state index contributed by atoms with van der Waals surface area (Å²) in [4.78, 5) is 27.2. The molecule has 1 saturated heterocycles. The van der Waals surface area contributed by atoms with E-state index in [1.807, 2.05) is 47.5 Å². The van der Waals surface area contributed by atoms with Crippen molar-refractivity contribution in [3.05, 3.63) is 65.0 Å². The Kier molecular flexibility index (Phi) is 6.93. The summed E-state index contributed by atoms with van der Waals surface area (Å²) < 4.78 is 0.788. The molecule has 1 fully saturated rings. The number of amides is 2. The molecule has 8 nitrogen and oxygen atoms in total. The molecule has 2 aromatic heterocycles. The number of urea groups is 1. The number of benzene rings is 1. The van der Waals surface area contributed by atoms with E-state index in [9.17, 15) is 4.79 Å². The number of carbonyl (C=O) groups excluding carboxylic acids is 1. The summed E-state index contributed by atoms with van der Waals surface area (Å²) in [7, 11) is 0. The quantitative estimate of drug-likeness (QED) is 0.454. The number of halogens is 1. The molecule has 1 aromatic carbocycles. The molecule has 0 atom stereocenters. The van der Waals surface area contributed by atoms with Gasteiger partial charge in [-0.15, -0.1) is 0 Å². The van der Waals surface area contributed by atoms with Gasteiger partial charge in [-0.1, -0.05) is 12.1 Å². The molecule has 0 radical (unpaired) electrons. The Morgan fingerprint density at radius 1 is 1.10 bits per heavy atom. The number of aromatic nitrogens is 3. The van der Waals surface area contributed by atoms with E-state index in [1.54, 1.807) is 12.4 Å². The summed E-state index contributed by atoms with van der Waals surface area (Å²) >= 11 is 3.49. The molecule has 0 spiro atoms. The predicted molar refractivity (Wildman–Crippen MR) is 126 cm³/mol. The van der Waals surface area contributed by atoms with Crippen LogP contribution in [0.4, 0.5) is 27.9 Å². The Bertz CT molecular complexity index is 1030. The smallest absolute Gasteiger partial charge is 0.321 e. The Hall–Kier alpha value is -3.20. The number of hydrogen-bond acceptors (Lipinski definition) is 6. The van der Waals surface area contributed by atoms with Gasteiger partial charge in [0.15, 0.2) is 0 Å². The van der Waals surface area contributed by atoms with Gasteiger partial charge < -0.3 is 20.9 Å². The number of pyridine rings is 1. The maximum Gasteiger partial charge on any atom is 0.321 e. The van der Waals surface area contributed by atoms with Crippen LogP contribution in [0.15, 0.2) is 59.5 Å². The van der Waals surface area contributed by atoms with Crippen molar-refractivity contribution in [3.63, 3.8) is 0 Å². The van der Waals surface area contributed by atoms with Crippen molar-refractivity contribution < 1.29 is 4.79 Å². The molecule has 3 heterocycles. The maximum absolute atomic E-state index is 12.3. The Labute approximate surface area is 189 Å². The number of carbonyl (C=O) groups is 1. The zero-order chi connectivity index (χ0) is 21.5. The van der Waals surface area contributed by atoms with E-state index in [1.165, 1.54) is 0 Å². The molecule has 160 valence electrons. The zero-order valence-electron chi connectivity index (χ0n) is 17.0. The number of hydrogen-bond donors (Lipinski definition) is 3. The molecule has 0 aliphatic carbocycles. The first-order valence-electron chi connectivity index (χ1n) is 10.3. The highest BCUT2D eigenvalue weighted by atomic mass is 79.9. The van der Waals surface area contributed by atoms with Crippen LogP contribution in [0.5, 0.6) is 0 Å². The van der Waals surface area contributed by atoms with Crippen molar-refractivity contribution in [3.8, 4) is 0 Å². The van der Waals surface area contributed by atoms with Crippen LogP contribution >= 0.6 is 15.9 Å². The van der Waals surface area contributed by atoms with Crippen LogP contribution in [-0.4, -0.2) is 45.5 Å². The third-order valence-corrected chi connectivity index (χ3v) is 5.52. The van der Waals surface area contributed by atoms with Crippen molar-refractivity contribution in [2.75, 3.05) is 35.6 Å². The summed E-state index contributed by atoms with van der Waals surface area (Å²) in [6.07, 6.45) is 8.30. The predicted octanol–water partition coefficient (Wildman–Crippen LogP) is 4.66. The van der Waals surface area contributed by atoms with E-state index in [-0.39, 0.29) is 6.03 Å². The zero-order valence-corrected chi connectivity index (χ0v) is 18.6. The van der Waals surface area contributed by atoms with Crippen molar-refractivity contribution in [1.82, 2.24) is 19.9 Å². The van der Waals surface area contributed by atoms with Crippen LogP contribution < -0.4 is 16.0 Å². The fourth-order valence-corrected chi connectivity index (χ4v) is 3.68. The van der Waals surface area contributed by atoms with E-state index < -0.39 is 0 Å². The van der Waals surface area contributed by atoms with Crippen molar-refractivity contribution in [1.29, 1.82) is 0 Å². The fraction of sp³-hybridized carbons (Fsp3) is 0.273. The Balaban J connectivity index is 1.37. The number of anilines is 4. The van der Waals surface area contributed by atoms with Gasteiger partial charge >= 0.3 is 6.03 Å². The highest BCUT2D eigenvalue weighted by Crippen LogP contribution is 2.23. The third-order valence-electron chi connectivity index (χ3n) is 4.94. The summed E-state index contributed by atoms with van der Waals surface area (Å²) in [5.74, 6) is 1.18. The van der Waals surface area contributed by atoms with Gasteiger partial charge in [0.25, 0.3) is 0 Å². The standard InChI is InChI=1S/C22H24BrN7O/c23-19-15-26-21(29-20(19)25-10-8-16-5-4-9-24-14-16)27-17-6-3-7-18(13-17)28-22(31)30-11-1-2-12-30/h3-7,9,13-15H,1-2,8,10-12H2,(H,28,31)(H2,25,26,27,29). The lowest BCUT2D eigenvalue weighted by molar-refractivity contribution is 0.222. The molecule has 3 N–H and O–H groups in total. The van der Waals surface area contributed by atoms with Crippen molar-refractivity contribution in [2.24, 2.45) is 0 Å². The third kappa shape index (κ3) is 5.91. The highest BCUT2D eigenvalue weighted by Gasteiger charge is 2.17. The van der Waals surface area contributed by atoms with Crippen LogP contribution in [0.1, 0.15) is 18.4 Å². The van der Waals surface area contributed by atoms with Gasteiger partial charge in [-0.3, -0.25) is 4.98 Å². The molecule has 0 unspecified atom stereocenters. The van der Waals surface area contributed by atoms with Crippen LogP contribution in [0.2, 0.25) is 0 Å². The van der Waals surface area contributed by atoms with Gasteiger partial charge in [0, 0.05) is 49.6 Å². The fourth-order valence-electron chi connectivity index (χ4n) is 3.35. The molecule has 9 heteroatoms. The topological polar surface area (TPSA) is 95.1 Å². The number of likely N-dealkylation sites (tertiary alicyclic amines) is 1. The summed E-state index contributed by atoms with van der Waals surface area (Å²) in [6, 6.07) is 11.4. The molecule has 4 rings (SSSR count). The minimum absolute atomic E-state index is 0.0605. The molecule has 1 aliphatic rings. The number of nitrogens with zero attached hydrogens (tertiary/aromatic N) is 4. The molecule has 0 bridgehead atoms. The second-order valence-electron chi connectivity index (χ2n) is 7.26. The van der Waals surface area contributed by atoms with Crippen LogP contribution in [-0.2, 0) is 6.42 Å². The lowest BCUT2D eigenvalue weighted by atomic mass is 10.2. The van der Waals surface area contributed by atoms with Crippen LogP contribution in [0.25, 0.3) is 0 Å². The SMILES string of the molecule is O=C(Nc1cccc(Nc2ncc(Br)c(NCCc3cccnc3)n2)c1)N1CCCC1. The first-order valence-corrected chi connectivity index (χ1v) is 11.0. The minimum Gasteiger partial charge on any atom is -0.369 e. The Morgan fingerprint density at radius 3 is 2.74 bits per heavy atom. The van der Waals surface area contributed by atoms with Crippen LogP contribution in [0, 0.1) is 0 Å². The van der Waals surface area contributed by atoms with E-state index in [0.717, 1.165) is 60.3 Å². The first-order chi connectivity index (χ1) is 15.2. The second kappa shape index (κ2) is 10.2. The number of rotatable bonds is 7. The lowest BCUT2D eigenvalue weighted by Crippen LogP contribution is -2.32. The summed E-state index contributed by atoms with van der Waals surface area (Å²) in [5.41, 5.74) is 2.68. The van der Waals surface area contributed by atoms with Gasteiger partial charge in [-0.05, 0) is 65.0 Å². The van der Waals surface area contributed by atoms with Gasteiger partial charge in [-0.2, -0.15) is 4.98 Å². The summed E-state index contributed by atoms with van der Waals surface area (Å²) in [5, 5.41) is 9.49. The van der Waals surface area contributed by atoms with Gasteiger partial charge in [0.1, 0.15) is 5.82 Å². The van der Waals surface area contributed by atoms with E-state index >= 15 is 0 Å². The minimum atomic E-state index is -0.0605. The van der Waals surface area contributed by atoms with E-state index in [2.05, 4.69) is 46.8 Å². The molecular formula is C22H24BrN7O. The van der Waals surface area contributed by atoms with Crippen molar-refractivity contribution in [2.45, 2.75) is 19.3 Å². The van der Waals surface area contributed by atoms with Gasteiger partial charge in [-0.25, -0.2) is 9.78 Å². The monoisotopic (exact) mass is 481 g/mol. The average Bonchev–Trinajstić information content (AvgIpc) is 3.32. The lowest BCUT2D eigenvalue weighted by Gasteiger charge is -2.16. The average molecular weight is 482 g/mol. The van der Waals surface area contributed by atoms with Gasteiger partial charge in [0.05, 0.1) is 4.47 Å². The Morgan fingerprint density at radius 2 is 1.94 bits per heavy atom. The van der Waals surface area contributed by atoms with Gasteiger partial charge in [0.2, 0.25) is 5.95 Å². The largest absolute Gasteiger partial charge is 0.369 e. The molecule has 31 heavy (non-hydrogen) atoms. The maximum atomic E-state index is 12.3. The van der Waals surface area contributed by atoms with E-state index in [4.69, 9.17) is 0 Å². The second-order valence-corrected chi connectivity index (χ2v) is 8.11. The molecular weight excluding hydrogens is 458 g/mol. The van der Waals surface area contributed by atoms with Crippen LogP contribution in [0.3, 0.4) is 0 Å². The van der Waals surface area contributed by atoms with E-state index in [0.29, 0.717) is 11.8 Å². The first kappa shape index (κ1) is 21.0. The molecule has 1 aliphatic heterocycles. The summed E-state index contributed by atoms with van der Waals surface area (Å²) in [6.45, 7) is 2.35. The highest BCUT2D eigenvalue weighted by molar-refractivity contribution is 9.10. The number of nitrogens with one attached hydrogen (secondary N) is 3. The molecule has 0 saturated carbocycles. The van der Waals surface area contributed by atoms with Crippen molar-refractivity contribution >= 4 is 45.1 Å².